The van der Waals surface area contributed by atoms with Gasteiger partial charge in [-0.3, -0.25) is 0 Å². The number of para-hydroxylation sites is 1. The number of carbonyl (C=O) groups excluding carboxylic acids is 1. The molecule has 3 rings (SSSR count). The first kappa shape index (κ1) is 17.2. The van der Waals surface area contributed by atoms with Gasteiger partial charge in [0.05, 0.1) is 29.9 Å². The number of nitrogens with one attached hydrogen (secondary N) is 2. The van der Waals surface area contributed by atoms with E-state index in [9.17, 15) is 13.2 Å². The minimum atomic E-state index is -2.97. The molecule has 0 amide bonds. The first-order valence-electron chi connectivity index (χ1n) is 7.70. The van der Waals surface area contributed by atoms with E-state index in [2.05, 4.69) is 20.6 Å². The molecule has 0 bridgehead atoms. The third-order valence-corrected chi connectivity index (χ3v) is 5.61. The molecule has 9 heteroatoms. The van der Waals surface area contributed by atoms with Crippen LogP contribution in [-0.2, 0) is 14.6 Å². The highest BCUT2D eigenvalue weighted by molar-refractivity contribution is 7.91. The Bertz CT molecular complexity index is 885. The molecule has 1 unspecified atom stereocenters. The molecule has 8 nitrogen and oxygen atoms in total. The summed E-state index contributed by atoms with van der Waals surface area (Å²) in [5, 5.41) is 6.17. The van der Waals surface area contributed by atoms with Gasteiger partial charge in [0.15, 0.2) is 9.84 Å². The number of nitrogens with zero attached hydrogens (tertiary/aromatic N) is 2. The molecule has 1 aliphatic heterocycles. The average molecular weight is 362 g/mol. The maximum Gasteiger partial charge on any atom is 0.339 e. The number of anilines is 3. The standard InChI is InChI=1S/C16H18N4O4S/c1-24-16(21)12-4-2-3-5-13(12)20-15-8-14(17-10-18-15)19-11-6-7-25(22,23)9-11/h2-5,8,10-11H,6-7,9H2,1H3,(H2,17,18,19,20). The van der Waals surface area contributed by atoms with Crippen molar-refractivity contribution in [2.45, 2.75) is 12.5 Å². The molecule has 0 saturated carbocycles. The van der Waals surface area contributed by atoms with Crippen molar-refractivity contribution in [3.05, 3.63) is 42.2 Å². The lowest BCUT2D eigenvalue weighted by molar-refractivity contribution is 0.0602. The van der Waals surface area contributed by atoms with Crippen molar-refractivity contribution in [3.8, 4) is 0 Å². The first-order chi connectivity index (χ1) is 12.0. The van der Waals surface area contributed by atoms with Crippen molar-refractivity contribution in [1.82, 2.24) is 9.97 Å². The minimum absolute atomic E-state index is 0.102. The van der Waals surface area contributed by atoms with Crippen molar-refractivity contribution in [3.63, 3.8) is 0 Å². The van der Waals surface area contributed by atoms with E-state index >= 15 is 0 Å². The zero-order valence-corrected chi connectivity index (χ0v) is 14.4. The van der Waals surface area contributed by atoms with Gasteiger partial charge in [-0.15, -0.1) is 0 Å². The number of aromatic nitrogens is 2. The van der Waals surface area contributed by atoms with Crippen molar-refractivity contribution in [1.29, 1.82) is 0 Å². The van der Waals surface area contributed by atoms with Gasteiger partial charge < -0.3 is 15.4 Å². The van der Waals surface area contributed by atoms with Gasteiger partial charge in [-0.2, -0.15) is 0 Å². The van der Waals surface area contributed by atoms with Crippen molar-refractivity contribution >= 4 is 33.1 Å². The van der Waals surface area contributed by atoms with E-state index in [-0.39, 0.29) is 17.5 Å². The van der Waals surface area contributed by atoms with Gasteiger partial charge in [0.2, 0.25) is 0 Å². The van der Waals surface area contributed by atoms with Gasteiger partial charge in [0.25, 0.3) is 0 Å². The van der Waals surface area contributed by atoms with Crippen LogP contribution in [0.1, 0.15) is 16.8 Å². The number of methoxy groups -OCH3 is 1. The van der Waals surface area contributed by atoms with Gasteiger partial charge in [0, 0.05) is 12.1 Å². The van der Waals surface area contributed by atoms with Gasteiger partial charge in [-0.05, 0) is 18.6 Å². The normalized spacial score (nSPS) is 18.5. The molecule has 1 aromatic heterocycles. The lowest BCUT2D eigenvalue weighted by Crippen LogP contribution is -2.21. The SMILES string of the molecule is COC(=O)c1ccccc1Nc1cc(NC2CCS(=O)(=O)C2)ncn1. The summed E-state index contributed by atoms with van der Waals surface area (Å²) in [6, 6.07) is 8.43. The zero-order valence-electron chi connectivity index (χ0n) is 13.6. The number of hydrogen-bond donors (Lipinski definition) is 2. The van der Waals surface area contributed by atoms with Crippen LogP contribution in [0.2, 0.25) is 0 Å². The summed E-state index contributed by atoms with van der Waals surface area (Å²) in [5.41, 5.74) is 0.947. The number of hydrogen-bond acceptors (Lipinski definition) is 8. The van der Waals surface area contributed by atoms with Crippen LogP contribution in [0, 0.1) is 0 Å². The summed E-state index contributed by atoms with van der Waals surface area (Å²) in [6.45, 7) is 0. The van der Waals surface area contributed by atoms with Crippen LogP contribution in [-0.4, -0.2) is 49.0 Å². The van der Waals surface area contributed by atoms with Crippen LogP contribution in [0.5, 0.6) is 0 Å². The van der Waals surface area contributed by atoms with Crippen LogP contribution in [0.3, 0.4) is 0 Å². The third kappa shape index (κ3) is 4.24. The molecule has 2 aromatic rings. The van der Waals surface area contributed by atoms with E-state index in [1.54, 1.807) is 30.3 Å². The number of ether oxygens (including phenoxy) is 1. The Morgan fingerprint density at radius 2 is 2.00 bits per heavy atom. The predicted octanol–water partition coefficient (Wildman–Crippen LogP) is 1.61. The smallest absolute Gasteiger partial charge is 0.339 e. The van der Waals surface area contributed by atoms with Gasteiger partial charge in [0.1, 0.15) is 18.0 Å². The second-order valence-corrected chi connectivity index (χ2v) is 7.92. The number of benzene rings is 1. The Morgan fingerprint density at radius 3 is 2.72 bits per heavy atom. The fourth-order valence-corrected chi connectivity index (χ4v) is 4.31. The van der Waals surface area contributed by atoms with E-state index in [1.807, 2.05) is 0 Å². The quantitative estimate of drug-likeness (QED) is 0.772. The monoisotopic (exact) mass is 362 g/mol. The molecular formula is C16H18N4O4S. The van der Waals surface area contributed by atoms with Crippen LogP contribution >= 0.6 is 0 Å². The molecule has 132 valence electrons. The molecule has 2 heterocycles. The number of esters is 1. The Kier molecular flexibility index (Phi) is 4.84. The molecule has 0 radical (unpaired) electrons. The minimum Gasteiger partial charge on any atom is -0.465 e. The molecule has 1 saturated heterocycles. The summed E-state index contributed by atoms with van der Waals surface area (Å²) in [4.78, 5) is 20.1. The van der Waals surface area contributed by atoms with Crippen molar-refractivity contribution in [2.24, 2.45) is 0 Å². The van der Waals surface area contributed by atoms with Crippen LogP contribution in [0.4, 0.5) is 17.3 Å². The Morgan fingerprint density at radius 1 is 1.24 bits per heavy atom. The molecule has 0 aliphatic carbocycles. The van der Waals surface area contributed by atoms with E-state index < -0.39 is 15.8 Å². The molecule has 0 spiro atoms. The predicted molar refractivity (Wildman–Crippen MR) is 93.8 cm³/mol. The molecule has 1 atom stereocenters. The fourth-order valence-electron chi connectivity index (χ4n) is 2.64. The topological polar surface area (TPSA) is 110 Å². The first-order valence-corrected chi connectivity index (χ1v) is 9.52. The molecule has 1 aromatic carbocycles. The summed E-state index contributed by atoms with van der Waals surface area (Å²) in [7, 11) is -1.64. The highest BCUT2D eigenvalue weighted by Gasteiger charge is 2.27. The van der Waals surface area contributed by atoms with Crippen LogP contribution in [0.25, 0.3) is 0 Å². The second-order valence-electron chi connectivity index (χ2n) is 5.69. The number of carbonyl (C=O) groups is 1. The van der Waals surface area contributed by atoms with Crippen molar-refractivity contribution < 1.29 is 17.9 Å². The van der Waals surface area contributed by atoms with Gasteiger partial charge in [-0.25, -0.2) is 23.2 Å². The Labute approximate surface area is 145 Å². The third-order valence-electron chi connectivity index (χ3n) is 3.85. The number of rotatable bonds is 5. The molecule has 1 fully saturated rings. The molecule has 25 heavy (non-hydrogen) atoms. The number of sulfone groups is 1. The molecular weight excluding hydrogens is 344 g/mol. The highest BCUT2D eigenvalue weighted by Crippen LogP contribution is 2.22. The van der Waals surface area contributed by atoms with E-state index in [0.29, 0.717) is 29.3 Å². The summed E-state index contributed by atoms with van der Waals surface area (Å²) in [5.74, 6) is 0.842. The fraction of sp³-hybridized carbons (Fsp3) is 0.312. The van der Waals surface area contributed by atoms with Gasteiger partial charge in [-0.1, -0.05) is 12.1 Å². The van der Waals surface area contributed by atoms with Gasteiger partial charge >= 0.3 is 5.97 Å². The largest absolute Gasteiger partial charge is 0.465 e. The maximum atomic E-state index is 11.8. The lowest BCUT2D eigenvalue weighted by atomic mass is 10.2. The van der Waals surface area contributed by atoms with Crippen LogP contribution in [0.15, 0.2) is 36.7 Å². The second kappa shape index (κ2) is 7.06. The summed E-state index contributed by atoms with van der Waals surface area (Å²) < 4.78 is 27.8. The Hall–Kier alpha value is -2.68. The average Bonchev–Trinajstić information content (AvgIpc) is 2.93. The maximum absolute atomic E-state index is 11.8. The highest BCUT2D eigenvalue weighted by atomic mass is 32.2. The molecule has 1 aliphatic rings. The van der Waals surface area contributed by atoms with Crippen LogP contribution < -0.4 is 10.6 Å². The van der Waals surface area contributed by atoms with E-state index in [1.165, 1.54) is 13.4 Å². The zero-order chi connectivity index (χ0) is 17.9. The summed E-state index contributed by atoms with van der Waals surface area (Å²) in [6.07, 6.45) is 1.93. The van der Waals surface area contributed by atoms with E-state index in [4.69, 9.17) is 4.74 Å². The van der Waals surface area contributed by atoms with Crippen molar-refractivity contribution in [2.75, 3.05) is 29.2 Å². The molecule has 2 N–H and O–H groups in total. The lowest BCUT2D eigenvalue weighted by Gasteiger charge is -2.13. The van der Waals surface area contributed by atoms with E-state index in [0.717, 1.165) is 0 Å². The summed E-state index contributed by atoms with van der Waals surface area (Å²) >= 11 is 0. The Balaban J connectivity index is 1.76.